The molecule has 1 heterocycles. The number of benzene rings is 1. The molecule has 0 saturated heterocycles. The molecule has 0 saturated carbocycles. The van der Waals surface area contributed by atoms with E-state index in [2.05, 4.69) is 16.0 Å². The molecule has 188 valence electrons. The van der Waals surface area contributed by atoms with Crippen LogP contribution >= 0.6 is 0 Å². The Hall–Kier alpha value is -4.02. The number of anilines is 1. The van der Waals surface area contributed by atoms with Gasteiger partial charge in [-0.2, -0.15) is 0 Å². The number of imide groups is 1. The van der Waals surface area contributed by atoms with Gasteiger partial charge in [-0.3, -0.25) is 33.7 Å². The van der Waals surface area contributed by atoms with Crippen molar-refractivity contribution in [1.82, 2.24) is 15.5 Å². The van der Waals surface area contributed by atoms with E-state index in [4.69, 9.17) is 4.74 Å². The summed E-state index contributed by atoms with van der Waals surface area (Å²) in [6, 6.07) is 4.88. The molecule has 1 aromatic rings. The highest BCUT2D eigenvalue weighted by Crippen LogP contribution is 2.11. The molecule has 0 aliphatic carbocycles. The van der Waals surface area contributed by atoms with Crippen molar-refractivity contribution in [2.45, 2.75) is 52.8 Å². The predicted octanol–water partition coefficient (Wildman–Crippen LogP) is 0.649. The number of carbonyl (C=O) groups excluding carboxylic acids is 6. The molecule has 35 heavy (non-hydrogen) atoms. The van der Waals surface area contributed by atoms with E-state index >= 15 is 0 Å². The second-order valence-electron chi connectivity index (χ2n) is 8.40. The first-order valence-corrected chi connectivity index (χ1v) is 11.1. The number of nitrogens with one attached hydrogen (secondary N) is 3. The van der Waals surface area contributed by atoms with E-state index in [1.165, 1.54) is 13.8 Å². The molecule has 1 aliphatic heterocycles. The molecule has 2 unspecified atom stereocenters. The van der Waals surface area contributed by atoms with Crippen LogP contribution in [0.1, 0.15) is 39.7 Å². The Morgan fingerprint density at radius 2 is 1.51 bits per heavy atom. The fourth-order valence-corrected chi connectivity index (χ4v) is 3.13. The largest absolute Gasteiger partial charge is 0.461 e. The average molecular weight is 487 g/mol. The first-order chi connectivity index (χ1) is 16.5. The second-order valence-corrected chi connectivity index (χ2v) is 8.40. The maximum absolute atomic E-state index is 12.7. The van der Waals surface area contributed by atoms with Gasteiger partial charge in [0.15, 0.2) is 0 Å². The lowest BCUT2D eigenvalue weighted by Gasteiger charge is -2.24. The Morgan fingerprint density at radius 1 is 0.914 bits per heavy atom. The highest BCUT2D eigenvalue weighted by Gasteiger charge is 2.28. The molecule has 3 N–H and O–H groups in total. The molecule has 11 nitrogen and oxygen atoms in total. The maximum atomic E-state index is 12.7. The molecule has 0 fully saturated rings. The van der Waals surface area contributed by atoms with Crippen LogP contribution in [-0.4, -0.2) is 59.0 Å². The normalized spacial score (nSPS) is 14.5. The Labute approximate surface area is 203 Å². The van der Waals surface area contributed by atoms with Gasteiger partial charge in [0, 0.05) is 37.7 Å². The van der Waals surface area contributed by atoms with Crippen molar-refractivity contribution < 1.29 is 33.5 Å². The first-order valence-electron chi connectivity index (χ1n) is 11.1. The fourth-order valence-electron chi connectivity index (χ4n) is 3.13. The number of rotatable bonds is 11. The second kappa shape index (κ2) is 12.4. The number of hydrogen-bond acceptors (Lipinski definition) is 7. The number of hydrogen-bond donors (Lipinski definition) is 3. The van der Waals surface area contributed by atoms with E-state index in [0.717, 1.165) is 22.6 Å². The number of carbonyl (C=O) groups is 6. The standard InChI is InChI=1S/C24H30N4O7/c1-14(2)22(27-19(30)11-12-28-20(31)9-10-21(28)32)24(34)25-15(3)23(33)26-18-7-5-17(6-8-18)13-35-16(4)29/h5-10,14-15,22H,11-13H2,1-4H3,(H,25,34)(H,26,33)(H,27,30). The third-order valence-corrected chi connectivity index (χ3v) is 5.14. The summed E-state index contributed by atoms with van der Waals surface area (Å²) in [6.07, 6.45) is 2.11. The van der Waals surface area contributed by atoms with Crippen molar-refractivity contribution in [3.8, 4) is 0 Å². The van der Waals surface area contributed by atoms with E-state index in [-0.39, 0.29) is 25.5 Å². The average Bonchev–Trinajstić information content (AvgIpc) is 3.12. The fraction of sp³-hybridized carbons (Fsp3) is 0.417. The first kappa shape index (κ1) is 27.2. The maximum Gasteiger partial charge on any atom is 0.302 e. The summed E-state index contributed by atoms with van der Waals surface area (Å²) in [6.45, 7) is 6.34. The van der Waals surface area contributed by atoms with Crippen LogP contribution in [0.3, 0.4) is 0 Å². The molecular formula is C24H30N4O7. The van der Waals surface area contributed by atoms with Crippen molar-refractivity contribution in [3.05, 3.63) is 42.0 Å². The van der Waals surface area contributed by atoms with E-state index < -0.39 is 47.6 Å². The Balaban J connectivity index is 1.86. The highest BCUT2D eigenvalue weighted by atomic mass is 16.5. The monoisotopic (exact) mass is 486 g/mol. The van der Waals surface area contributed by atoms with Crippen molar-refractivity contribution in [2.75, 3.05) is 11.9 Å². The van der Waals surface area contributed by atoms with Gasteiger partial charge in [0.25, 0.3) is 11.8 Å². The topological polar surface area (TPSA) is 151 Å². The zero-order chi connectivity index (χ0) is 26.1. The van der Waals surface area contributed by atoms with Crippen LogP contribution in [0.5, 0.6) is 0 Å². The highest BCUT2D eigenvalue weighted by molar-refractivity contribution is 6.13. The smallest absolute Gasteiger partial charge is 0.302 e. The summed E-state index contributed by atoms with van der Waals surface area (Å²) in [5.41, 5.74) is 1.25. The van der Waals surface area contributed by atoms with Gasteiger partial charge in [-0.25, -0.2) is 0 Å². The third kappa shape index (κ3) is 8.36. The zero-order valence-electron chi connectivity index (χ0n) is 20.1. The van der Waals surface area contributed by atoms with E-state index in [1.807, 2.05) is 0 Å². The summed E-state index contributed by atoms with van der Waals surface area (Å²) in [5.74, 6) is -3.15. The number of nitrogens with zero attached hydrogens (tertiary/aromatic N) is 1. The summed E-state index contributed by atoms with van der Waals surface area (Å²) >= 11 is 0. The van der Waals surface area contributed by atoms with Gasteiger partial charge in [-0.1, -0.05) is 26.0 Å². The molecule has 11 heteroatoms. The predicted molar refractivity (Wildman–Crippen MR) is 125 cm³/mol. The molecule has 2 atom stereocenters. The molecule has 5 amide bonds. The minimum absolute atomic E-state index is 0.0958. The van der Waals surface area contributed by atoms with Crippen molar-refractivity contribution in [1.29, 1.82) is 0 Å². The lowest BCUT2D eigenvalue weighted by molar-refractivity contribution is -0.142. The van der Waals surface area contributed by atoms with Gasteiger partial charge in [0.2, 0.25) is 17.7 Å². The third-order valence-electron chi connectivity index (χ3n) is 5.14. The van der Waals surface area contributed by atoms with Gasteiger partial charge >= 0.3 is 5.97 Å². The summed E-state index contributed by atoms with van der Waals surface area (Å²) in [7, 11) is 0. The summed E-state index contributed by atoms with van der Waals surface area (Å²) < 4.78 is 4.91. The zero-order valence-corrected chi connectivity index (χ0v) is 20.1. The molecule has 0 spiro atoms. The summed E-state index contributed by atoms with van der Waals surface area (Å²) in [5, 5.41) is 7.88. The minimum Gasteiger partial charge on any atom is -0.461 e. The van der Waals surface area contributed by atoms with Crippen LogP contribution in [0.4, 0.5) is 5.69 Å². The van der Waals surface area contributed by atoms with Crippen LogP contribution in [0, 0.1) is 5.92 Å². The van der Waals surface area contributed by atoms with Crippen LogP contribution in [0.15, 0.2) is 36.4 Å². The Morgan fingerprint density at radius 3 is 2.06 bits per heavy atom. The molecule has 0 bridgehead atoms. The SMILES string of the molecule is CC(=O)OCc1ccc(NC(=O)C(C)NC(=O)C(NC(=O)CCN2C(=O)C=CC2=O)C(C)C)cc1. The molecular weight excluding hydrogens is 456 g/mol. The Bertz CT molecular complexity index is 999. The molecule has 0 aromatic heterocycles. The van der Waals surface area contributed by atoms with Crippen LogP contribution in [-0.2, 0) is 40.1 Å². The van der Waals surface area contributed by atoms with Crippen molar-refractivity contribution >= 4 is 41.2 Å². The number of esters is 1. The van der Waals surface area contributed by atoms with Gasteiger partial charge < -0.3 is 20.7 Å². The Kier molecular flexibility index (Phi) is 9.68. The molecule has 1 aromatic carbocycles. The van der Waals surface area contributed by atoms with Crippen molar-refractivity contribution in [3.63, 3.8) is 0 Å². The lowest BCUT2D eigenvalue weighted by Crippen LogP contribution is -2.54. The number of amides is 5. The van der Waals surface area contributed by atoms with Crippen LogP contribution < -0.4 is 16.0 Å². The summed E-state index contributed by atoms with van der Waals surface area (Å²) in [4.78, 5) is 72.6. The molecule has 0 radical (unpaired) electrons. The number of ether oxygens (including phenoxy) is 1. The van der Waals surface area contributed by atoms with Gasteiger partial charge in [0.05, 0.1) is 0 Å². The van der Waals surface area contributed by atoms with Gasteiger partial charge in [0.1, 0.15) is 18.7 Å². The van der Waals surface area contributed by atoms with Crippen LogP contribution in [0.25, 0.3) is 0 Å². The van der Waals surface area contributed by atoms with E-state index in [9.17, 15) is 28.8 Å². The van der Waals surface area contributed by atoms with E-state index in [1.54, 1.807) is 38.1 Å². The molecule has 1 aliphatic rings. The van der Waals surface area contributed by atoms with Crippen LogP contribution in [0.2, 0.25) is 0 Å². The lowest BCUT2D eigenvalue weighted by atomic mass is 10.0. The minimum atomic E-state index is -0.915. The van der Waals surface area contributed by atoms with Gasteiger partial charge in [-0.05, 0) is 30.5 Å². The quantitative estimate of drug-likeness (QED) is 0.307. The van der Waals surface area contributed by atoms with E-state index in [0.29, 0.717) is 5.69 Å². The van der Waals surface area contributed by atoms with Gasteiger partial charge in [-0.15, -0.1) is 0 Å². The van der Waals surface area contributed by atoms with Crippen molar-refractivity contribution in [2.24, 2.45) is 5.92 Å². The molecule has 2 rings (SSSR count).